The molecule has 1 aliphatic carbocycles. The lowest BCUT2D eigenvalue weighted by Gasteiger charge is -2.46. The number of carboxylic acid groups (broad SMARTS) is 1. The Labute approximate surface area is 83.1 Å². The summed E-state index contributed by atoms with van der Waals surface area (Å²) in [7, 11) is 0. The van der Waals surface area contributed by atoms with Gasteiger partial charge in [0.15, 0.2) is 0 Å². The van der Waals surface area contributed by atoms with Crippen molar-refractivity contribution in [1.29, 1.82) is 0 Å². The fourth-order valence-electron chi connectivity index (χ4n) is 1.73. The van der Waals surface area contributed by atoms with Crippen LogP contribution in [-0.2, 0) is 9.53 Å². The molecule has 1 heterocycles. The minimum Gasteiger partial charge on any atom is -0.480 e. The van der Waals surface area contributed by atoms with Crippen molar-refractivity contribution in [3.8, 4) is 0 Å². The fourth-order valence-corrected chi connectivity index (χ4v) is 1.73. The Balaban J connectivity index is 0.000000845. The molecule has 2 N–H and O–H groups in total. The van der Waals surface area contributed by atoms with Gasteiger partial charge in [0.05, 0.1) is 12.2 Å². The second kappa shape index (κ2) is 3.82. The molecule has 0 aromatic heterocycles. The number of halogens is 1. The lowest BCUT2D eigenvalue weighted by Crippen LogP contribution is -2.59. The number of carbonyl (C=O) groups is 1. The quantitative estimate of drug-likeness (QED) is 0.654. The maximum absolute atomic E-state index is 10.5. The monoisotopic (exact) mass is 207 g/mol. The summed E-state index contributed by atoms with van der Waals surface area (Å²) in [5.74, 6) is -0.816. The van der Waals surface area contributed by atoms with Gasteiger partial charge in [-0.2, -0.15) is 0 Å². The number of morpholine rings is 1. The van der Waals surface area contributed by atoms with Crippen LogP contribution in [0.2, 0.25) is 0 Å². The van der Waals surface area contributed by atoms with Crippen LogP contribution in [0.5, 0.6) is 0 Å². The number of hydrogen-bond donors (Lipinski definition) is 2. The van der Waals surface area contributed by atoms with E-state index in [1.54, 1.807) is 0 Å². The molecule has 1 saturated heterocycles. The Kier molecular flexibility index (Phi) is 3.16. The Hall–Kier alpha value is -0.320. The first-order valence-corrected chi connectivity index (χ1v) is 4.32. The van der Waals surface area contributed by atoms with E-state index in [4.69, 9.17) is 9.84 Å². The summed E-state index contributed by atoms with van der Waals surface area (Å²) in [6.07, 6.45) is 3.36. The van der Waals surface area contributed by atoms with Gasteiger partial charge in [0.2, 0.25) is 0 Å². The summed E-state index contributed by atoms with van der Waals surface area (Å²) in [5, 5.41) is 11.6. The Morgan fingerprint density at radius 2 is 2.23 bits per heavy atom. The minimum absolute atomic E-state index is 0. The van der Waals surface area contributed by atoms with Gasteiger partial charge in [-0.15, -0.1) is 12.4 Å². The van der Waals surface area contributed by atoms with Gasteiger partial charge in [0.25, 0.3) is 0 Å². The van der Waals surface area contributed by atoms with Crippen LogP contribution in [0.3, 0.4) is 0 Å². The third-order valence-electron chi connectivity index (χ3n) is 2.79. The summed E-state index contributed by atoms with van der Waals surface area (Å²) in [6, 6.07) is -0.503. The van der Waals surface area contributed by atoms with Crippen LogP contribution in [0.4, 0.5) is 0 Å². The predicted molar refractivity (Wildman–Crippen MR) is 49.2 cm³/mol. The average molecular weight is 208 g/mol. The van der Waals surface area contributed by atoms with Crippen molar-refractivity contribution in [2.24, 2.45) is 0 Å². The van der Waals surface area contributed by atoms with Crippen LogP contribution < -0.4 is 5.32 Å². The highest BCUT2D eigenvalue weighted by Crippen LogP contribution is 2.36. The van der Waals surface area contributed by atoms with Crippen molar-refractivity contribution < 1.29 is 14.6 Å². The second-order valence-corrected chi connectivity index (χ2v) is 3.62. The molecule has 0 aromatic carbocycles. The van der Waals surface area contributed by atoms with E-state index in [0.717, 1.165) is 12.8 Å². The topological polar surface area (TPSA) is 58.6 Å². The first kappa shape index (κ1) is 10.8. The highest BCUT2D eigenvalue weighted by Gasteiger charge is 2.42. The summed E-state index contributed by atoms with van der Waals surface area (Å²) in [6.45, 7) is 1.01. The molecular formula is C8H14ClNO3. The van der Waals surface area contributed by atoms with Gasteiger partial charge in [-0.25, -0.2) is 0 Å². The van der Waals surface area contributed by atoms with Crippen LogP contribution in [0.25, 0.3) is 0 Å². The highest BCUT2D eigenvalue weighted by molar-refractivity contribution is 5.85. The minimum atomic E-state index is -0.816. The van der Waals surface area contributed by atoms with Gasteiger partial charge in [-0.1, -0.05) is 0 Å². The normalized spacial score (nSPS) is 30.3. The summed E-state index contributed by atoms with van der Waals surface area (Å²) >= 11 is 0. The summed E-state index contributed by atoms with van der Waals surface area (Å²) in [5.41, 5.74) is -0.00799. The lowest BCUT2D eigenvalue weighted by molar-refractivity contribution is -0.158. The lowest BCUT2D eigenvalue weighted by atomic mass is 9.79. The fraction of sp³-hybridized carbons (Fsp3) is 0.875. The molecule has 1 unspecified atom stereocenters. The first-order valence-electron chi connectivity index (χ1n) is 4.32. The standard InChI is InChI=1S/C8H13NO3.ClH/c10-7(11)6-4-12-8(5-9-6)2-1-3-8;/h6,9H,1-5H2,(H,10,11);1H. The molecule has 0 bridgehead atoms. The van der Waals surface area contributed by atoms with Crippen LogP contribution in [0, 0.1) is 0 Å². The van der Waals surface area contributed by atoms with E-state index >= 15 is 0 Å². The highest BCUT2D eigenvalue weighted by atomic mass is 35.5. The second-order valence-electron chi connectivity index (χ2n) is 3.62. The molecule has 1 atom stereocenters. The third kappa shape index (κ3) is 1.95. The Morgan fingerprint density at radius 1 is 1.54 bits per heavy atom. The van der Waals surface area contributed by atoms with Gasteiger partial charge < -0.3 is 9.84 Å². The van der Waals surface area contributed by atoms with Crippen molar-refractivity contribution in [2.45, 2.75) is 30.9 Å². The summed E-state index contributed by atoms with van der Waals surface area (Å²) < 4.78 is 5.53. The van der Waals surface area contributed by atoms with Gasteiger partial charge >= 0.3 is 5.97 Å². The zero-order valence-electron chi connectivity index (χ0n) is 7.28. The van der Waals surface area contributed by atoms with Gasteiger partial charge in [0.1, 0.15) is 6.04 Å². The molecule has 1 spiro atoms. The average Bonchev–Trinajstić information content (AvgIpc) is 2.02. The molecule has 5 heteroatoms. The van der Waals surface area contributed by atoms with E-state index in [0.29, 0.717) is 13.2 Å². The molecule has 0 aromatic rings. The van der Waals surface area contributed by atoms with Crippen molar-refractivity contribution in [1.82, 2.24) is 5.32 Å². The van der Waals surface area contributed by atoms with Gasteiger partial charge in [-0.05, 0) is 19.3 Å². The van der Waals surface area contributed by atoms with Crippen LogP contribution in [0.1, 0.15) is 19.3 Å². The molecule has 0 amide bonds. The smallest absolute Gasteiger partial charge is 0.323 e. The number of hydrogen-bond acceptors (Lipinski definition) is 3. The van der Waals surface area contributed by atoms with Crippen LogP contribution in [-0.4, -0.2) is 35.9 Å². The molecule has 76 valence electrons. The number of rotatable bonds is 1. The molecule has 13 heavy (non-hydrogen) atoms. The largest absolute Gasteiger partial charge is 0.480 e. The van der Waals surface area contributed by atoms with E-state index in [-0.39, 0.29) is 18.0 Å². The maximum atomic E-state index is 10.5. The molecule has 4 nitrogen and oxygen atoms in total. The molecule has 1 aliphatic heterocycles. The number of carboxylic acids is 1. The molecule has 2 aliphatic rings. The van der Waals surface area contributed by atoms with E-state index in [1.165, 1.54) is 6.42 Å². The molecule has 1 saturated carbocycles. The van der Waals surface area contributed by atoms with Crippen molar-refractivity contribution >= 4 is 18.4 Å². The van der Waals surface area contributed by atoms with Crippen molar-refractivity contribution in [3.05, 3.63) is 0 Å². The van der Waals surface area contributed by atoms with Crippen molar-refractivity contribution in [3.63, 3.8) is 0 Å². The van der Waals surface area contributed by atoms with Crippen LogP contribution >= 0.6 is 12.4 Å². The Morgan fingerprint density at radius 3 is 2.54 bits per heavy atom. The van der Waals surface area contributed by atoms with E-state index < -0.39 is 12.0 Å². The molecular weight excluding hydrogens is 194 g/mol. The zero-order valence-corrected chi connectivity index (χ0v) is 8.10. The number of aliphatic carboxylic acids is 1. The molecule has 2 fully saturated rings. The van der Waals surface area contributed by atoms with Crippen molar-refractivity contribution in [2.75, 3.05) is 13.2 Å². The van der Waals surface area contributed by atoms with Gasteiger partial charge in [0, 0.05) is 6.54 Å². The third-order valence-corrected chi connectivity index (χ3v) is 2.79. The summed E-state index contributed by atoms with van der Waals surface area (Å²) in [4.78, 5) is 10.5. The van der Waals surface area contributed by atoms with E-state index in [9.17, 15) is 4.79 Å². The number of nitrogens with one attached hydrogen (secondary N) is 1. The number of ether oxygens (including phenoxy) is 1. The van der Waals surface area contributed by atoms with Crippen LogP contribution in [0.15, 0.2) is 0 Å². The van der Waals surface area contributed by atoms with E-state index in [2.05, 4.69) is 5.32 Å². The molecule has 2 rings (SSSR count). The van der Waals surface area contributed by atoms with E-state index in [1.807, 2.05) is 0 Å². The maximum Gasteiger partial charge on any atom is 0.323 e. The SMILES string of the molecule is Cl.O=C(O)C1COC2(CCC2)CN1. The zero-order chi connectivity index (χ0) is 8.60. The first-order chi connectivity index (χ1) is 5.72. The van der Waals surface area contributed by atoms with Gasteiger partial charge in [-0.3, -0.25) is 10.1 Å². The predicted octanol–water partition coefficient (Wildman–Crippen LogP) is 0.404. The molecule has 0 radical (unpaired) electrons. The Bertz CT molecular complexity index is 196.